The van der Waals surface area contributed by atoms with E-state index in [2.05, 4.69) is 20.1 Å². The van der Waals surface area contributed by atoms with Gasteiger partial charge in [0, 0.05) is 45.8 Å². The topological polar surface area (TPSA) is 107 Å². The lowest BCUT2D eigenvalue weighted by molar-refractivity contribution is -0.131. The molecule has 1 aromatic rings. The lowest BCUT2D eigenvalue weighted by Gasteiger charge is -2.36. The second kappa shape index (κ2) is 11.4. The SMILES string of the molecule is CCNC(=NCc1ccc(C(N)=O)o1)N1CCN(CC(=O)N2CCCC2)CC1.I. The number of rotatable bonds is 6. The van der Waals surface area contributed by atoms with E-state index >= 15 is 0 Å². The molecule has 2 fully saturated rings. The Morgan fingerprint density at radius 2 is 1.79 bits per heavy atom. The molecule has 2 saturated heterocycles. The number of guanidine groups is 1. The molecular weight excluding hydrogens is 487 g/mol. The van der Waals surface area contributed by atoms with Crippen molar-refractivity contribution >= 4 is 41.8 Å². The van der Waals surface area contributed by atoms with Crippen LogP contribution in [0.2, 0.25) is 0 Å². The molecule has 2 aliphatic heterocycles. The molecule has 29 heavy (non-hydrogen) atoms. The van der Waals surface area contributed by atoms with Crippen LogP contribution in [-0.4, -0.2) is 84.8 Å². The molecule has 3 rings (SSSR count). The summed E-state index contributed by atoms with van der Waals surface area (Å²) in [6.45, 7) is 8.71. The number of furan rings is 1. The minimum Gasteiger partial charge on any atom is -0.454 e. The number of nitrogens with one attached hydrogen (secondary N) is 1. The second-order valence-electron chi connectivity index (χ2n) is 7.15. The van der Waals surface area contributed by atoms with Crippen molar-refractivity contribution in [2.75, 3.05) is 52.4 Å². The number of aliphatic imine (C=N–C) groups is 1. The maximum atomic E-state index is 12.3. The van der Waals surface area contributed by atoms with Gasteiger partial charge in [0.25, 0.3) is 5.91 Å². The average molecular weight is 518 g/mol. The lowest BCUT2D eigenvalue weighted by Crippen LogP contribution is -2.54. The quantitative estimate of drug-likeness (QED) is 0.326. The predicted octanol–water partition coefficient (Wildman–Crippen LogP) is 0.702. The Balaban J connectivity index is 0.00000300. The van der Waals surface area contributed by atoms with Crippen LogP contribution in [0, 0.1) is 0 Å². The number of hydrogen-bond donors (Lipinski definition) is 2. The van der Waals surface area contributed by atoms with Crippen molar-refractivity contribution in [3.05, 3.63) is 23.7 Å². The number of piperazine rings is 1. The highest BCUT2D eigenvalue weighted by atomic mass is 127. The van der Waals surface area contributed by atoms with E-state index in [0.29, 0.717) is 18.8 Å². The zero-order chi connectivity index (χ0) is 19.9. The number of hydrogen-bond acceptors (Lipinski definition) is 5. The molecule has 1 aromatic heterocycles. The van der Waals surface area contributed by atoms with E-state index in [4.69, 9.17) is 10.2 Å². The van der Waals surface area contributed by atoms with Crippen molar-refractivity contribution in [1.29, 1.82) is 0 Å². The largest absolute Gasteiger partial charge is 0.454 e. The average Bonchev–Trinajstić information content (AvgIpc) is 3.38. The van der Waals surface area contributed by atoms with Gasteiger partial charge in [-0.2, -0.15) is 0 Å². The molecule has 0 aliphatic carbocycles. The molecular formula is C19H31IN6O3. The van der Waals surface area contributed by atoms with Gasteiger partial charge in [0.2, 0.25) is 5.91 Å². The van der Waals surface area contributed by atoms with Crippen molar-refractivity contribution in [2.45, 2.75) is 26.3 Å². The number of carbonyl (C=O) groups is 2. The van der Waals surface area contributed by atoms with Crippen LogP contribution in [0.4, 0.5) is 0 Å². The number of likely N-dealkylation sites (tertiary alicyclic amines) is 1. The van der Waals surface area contributed by atoms with E-state index in [1.807, 2.05) is 11.8 Å². The molecule has 0 saturated carbocycles. The Bertz CT molecular complexity index is 709. The first-order valence-corrected chi connectivity index (χ1v) is 9.98. The van der Waals surface area contributed by atoms with Gasteiger partial charge >= 0.3 is 0 Å². The van der Waals surface area contributed by atoms with Gasteiger partial charge in [0.1, 0.15) is 12.3 Å². The van der Waals surface area contributed by atoms with Gasteiger partial charge in [0.05, 0.1) is 6.54 Å². The molecule has 3 heterocycles. The molecule has 2 aliphatic rings. The van der Waals surface area contributed by atoms with Crippen LogP contribution in [0.1, 0.15) is 36.1 Å². The normalized spacial score (nSPS) is 17.9. The zero-order valence-electron chi connectivity index (χ0n) is 16.9. The molecule has 0 radical (unpaired) electrons. The van der Waals surface area contributed by atoms with Crippen LogP contribution >= 0.6 is 24.0 Å². The molecule has 0 spiro atoms. The van der Waals surface area contributed by atoms with Gasteiger partial charge < -0.3 is 25.3 Å². The van der Waals surface area contributed by atoms with E-state index in [1.165, 1.54) is 0 Å². The number of halogens is 1. The third kappa shape index (κ3) is 6.59. The minimum atomic E-state index is -0.582. The molecule has 10 heteroatoms. The van der Waals surface area contributed by atoms with Gasteiger partial charge in [-0.1, -0.05) is 0 Å². The molecule has 9 nitrogen and oxygen atoms in total. The number of primary amides is 1. The van der Waals surface area contributed by atoms with Gasteiger partial charge in [-0.05, 0) is 31.9 Å². The van der Waals surface area contributed by atoms with E-state index < -0.39 is 5.91 Å². The Morgan fingerprint density at radius 3 is 2.38 bits per heavy atom. The Morgan fingerprint density at radius 1 is 1.10 bits per heavy atom. The van der Waals surface area contributed by atoms with Crippen molar-refractivity contribution < 1.29 is 14.0 Å². The molecule has 0 bridgehead atoms. The van der Waals surface area contributed by atoms with Crippen molar-refractivity contribution in [2.24, 2.45) is 10.7 Å². The fourth-order valence-corrected chi connectivity index (χ4v) is 3.55. The first kappa shape index (κ1) is 23.5. The van der Waals surface area contributed by atoms with Crippen LogP contribution < -0.4 is 11.1 Å². The highest BCUT2D eigenvalue weighted by Gasteiger charge is 2.24. The summed E-state index contributed by atoms with van der Waals surface area (Å²) in [5.74, 6) is 1.21. The summed E-state index contributed by atoms with van der Waals surface area (Å²) >= 11 is 0. The van der Waals surface area contributed by atoms with E-state index in [1.54, 1.807) is 12.1 Å². The summed E-state index contributed by atoms with van der Waals surface area (Å²) < 4.78 is 5.39. The Hall–Kier alpha value is -1.82. The first-order chi connectivity index (χ1) is 13.6. The number of nitrogens with zero attached hydrogens (tertiary/aromatic N) is 4. The van der Waals surface area contributed by atoms with Crippen LogP contribution in [-0.2, 0) is 11.3 Å². The maximum Gasteiger partial charge on any atom is 0.284 e. The van der Waals surface area contributed by atoms with E-state index in [9.17, 15) is 9.59 Å². The van der Waals surface area contributed by atoms with Crippen LogP contribution in [0.3, 0.4) is 0 Å². The number of carbonyl (C=O) groups excluding carboxylic acids is 2. The van der Waals surface area contributed by atoms with Crippen molar-refractivity contribution in [3.63, 3.8) is 0 Å². The van der Waals surface area contributed by atoms with Gasteiger partial charge in [-0.15, -0.1) is 24.0 Å². The van der Waals surface area contributed by atoms with E-state index in [0.717, 1.165) is 64.6 Å². The Kier molecular flexibility index (Phi) is 9.21. The van der Waals surface area contributed by atoms with Gasteiger partial charge in [-0.25, -0.2) is 4.99 Å². The van der Waals surface area contributed by atoms with Crippen molar-refractivity contribution in [3.8, 4) is 0 Å². The molecule has 0 atom stereocenters. The highest BCUT2D eigenvalue weighted by Crippen LogP contribution is 2.11. The lowest BCUT2D eigenvalue weighted by atomic mass is 10.3. The smallest absolute Gasteiger partial charge is 0.284 e. The highest BCUT2D eigenvalue weighted by molar-refractivity contribution is 14.0. The van der Waals surface area contributed by atoms with Crippen LogP contribution in [0.5, 0.6) is 0 Å². The number of nitrogens with two attached hydrogens (primary N) is 1. The summed E-state index contributed by atoms with van der Waals surface area (Å²) in [6.07, 6.45) is 2.25. The third-order valence-electron chi connectivity index (χ3n) is 5.11. The Labute approximate surface area is 188 Å². The molecule has 0 unspecified atom stereocenters. The molecule has 2 amide bonds. The minimum absolute atomic E-state index is 0. The fourth-order valence-electron chi connectivity index (χ4n) is 3.55. The summed E-state index contributed by atoms with van der Waals surface area (Å²) in [5.41, 5.74) is 5.21. The first-order valence-electron chi connectivity index (χ1n) is 9.98. The van der Waals surface area contributed by atoms with Crippen LogP contribution in [0.25, 0.3) is 0 Å². The molecule has 3 N–H and O–H groups in total. The number of amides is 2. The summed E-state index contributed by atoms with van der Waals surface area (Å²) in [5, 5.41) is 3.30. The summed E-state index contributed by atoms with van der Waals surface area (Å²) in [4.78, 5) is 34.5. The standard InChI is InChI=1S/C19H30N6O3.HI/c1-2-21-19(22-13-15-5-6-16(28-15)18(20)27)25-11-9-23(10-12-25)14-17(26)24-7-3-4-8-24;/h5-6H,2-4,7-14H2,1H3,(H2,20,27)(H,21,22);1H. The third-order valence-corrected chi connectivity index (χ3v) is 5.11. The maximum absolute atomic E-state index is 12.3. The fraction of sp³-hybridized carbons (Fsp3) is 0.632. The zero-order valence-corrected chi connectivity index (χ0v) is 19.3. The summed E-state index contributed by atoms with van der Waals surface area (Å²) in [7, 11) is 0. The predicted molar refractivity (Wildman–Crippen MR) is 121 cm³/mol. The van der Waals surface area contributed by atoms with Gasteiger partial charge in [-0.3, -0.25) is 14.5 Å². The van der Waals surface area contributed by atoms with Crippen molar-refractivity contribution in [1.82, 2.24) is 20.0 Å². The van der Waals surface area contributed by atoms with Gasteiger partial charge in [0.15, 0.2) is 11.7 Å². The summed E-state index contributed by atoms with van der Waals surface area (Å²) in [6, 6.07) is 3.28. The molecule has 0 aromatic carbocycles. The van der Waals surface area contributed by atoms with E-state index in [-0.39, 0.29) is 35.6 Å². The second-order valence-corrected chi connectivity index (χ2v) is 7.15. The van der Waals surface area contributed by atoms with Crippen LogP contribution in [0.15, 0.2) is 21.5 Å². The molecule has 162 valence electrons. The monoisotopic (exact) mass is 518 g/mol.